The molecule has 1 aliphatic rings. The van der Waals surface area contributed by atoms with Crippen LogP contribution in [0, 0.1) is 5.92 Å². The van der Waals surface area contributed by atoms with Gasteiger partial charge in [-0.25, -0.2) is 4.79 Å². The summed E-state index contributed by atoms with van der Waals surface area (Å²) in [7, 11) is 0. The Kier molecular flexibility index (Phi) is 6.05. The Bertz CT molecular complexity index is 1040. The summed E-state index contributed by atoms with van der Waals surface area (Å²) in [5.74, 6) is -0.0741. The van der Waals surface area contributed by atoms with Gasteiger partial charge in [0.1, 0.15) is 5.69 Å². The van der Waals surface area contributed by atoms with E-state index in [-0.39, 0.29) is 0 Å². The second kappa shape index (κ2) is 8.88. The van der Waals surface area contributed by atoms with Crippen molar-refractivity contribution in [2.45, 2.75) is 51.7 Å². The Morgan fingerprint density at radius 3 is 2.50 bits per heavy atom. The van der Waals surface area contributed by atoms with Gasteiger partial charge in [-0.05, 0) is 48.8 Å². The lowest BCUT2D eigenvalue weighted by Gasteiger charge is -2.27. The predicted molar refractivity (Wildman–Crippen MR) is 123 cm³/mol. The molecule has 4 heteroatoms. The van der Waals surface area contributed by atoms with E-state index in [0.29, 0.717) is 24.8 Å². The van der Waals surface area contributed by atoms with Gasteiger partial charge in [-0.3, -0.25) is 0 Å². The number of hydrogen-bond acceptors (Lipinski definition) is 2. The summed E-state index contributed by atoms with van der Waals surface area (Å²) < 4.78 is 1.94. The summed E-state index contributed by atoms with van der Waals surface area (Å²) in [6.45, 7) is 7.23. The molecular weight excluding hydrogens is 372 g/mol. The van der Waals surface area contributed by atoms with Gasteiger partial charge in [-0.2, -0.15) is 0 Å². The molecule has 1 saturated carbocycles. The number of fused-ring (bicyclic) bond motifs is 1. The molecular formula is C26H30N2O2. The third-order valence-electron chi connectivity index (χ3n) is 6.42. The number of carbonyl (C=O) groups is 1. The number of hydrogen-bond donors (Lipinski definition) is 2. The number of nitrogens with zero attached hydrogens (tertiary/aromatic N) is 1. The van der Waals surface area contributed by atoms with Gasteiger partial charge in [0.15, 0.2) is 0 Å². The summed E-state index contributed by atoms with van der Waals surface area (Å²) in [6.07, 6.45) is 6.63. The van der Waals surface area contributed by atoms with Crippen molar-refractivity contribution in [1.82, 2.24) is 9.88 Å². The molecule has 0 bridgehead atoms. The fourth-order valence-corrected chi connectivity index (χ4v) is 4.62. The highest BCUT2D eigenvalue weighted by atomic mass is 16.4. The average molecular weight is 403 g/mol. The van der Waals surface area contributed by atoms with E-state index < -0.39 is 5.97 Å². The third-order valence-corrected chi connectivity index (χ3v) is 6.42. The van der Waals surface area contributed by atoms with Crippen molar-refractivity contribution in [3.05, 3.63) is 77.5 Å². The molecule has 0 radical (unpaired) electrons. The van der Waals surface area contributed by atoms with Gasteiger partial charge < -0.3 is 15.0 Å². The Balaban J connectivity index is 1.68. The molecule has 1 aromatic heterocycles. The van der Waals surface area contributed by atoms with Crippen LogP contribution in [-0.2, 0) is 13.1 Å². The van der Waals surface area contributed by atoms with E-state index in [0.717, 1.165) is 46.4 Å². The predicted octanol–water partition coefficient (Wildman–Crippen LogP) is 5.70. The van der Waals surface area contributed by atoms with E-state index in [1.165, 1.54) is 12.8 Å². The van der Waals surface area contributed by atoms with Gasteiger partial charge in [0.05, 0.1) is 0 Å². The van der Waals surface area contributed by atoms with Crippen molar-refractivity contribution < 1.29 is 9.90 Å². The first-order chi connectivity index (χ1) is 14.6. The fraction of sp³-hybridized carbons (Fsp3) is 0.346. The van der Waals surface area contributed by atoms with Crippen molar-refractivity contribution >= 4 is 22.9 Å². The van der Waals surface area contributed by atoms with E-state index >= 15 is 0 Å². The maximum absolute atomic E-state index is 12.3. The quantitative estimate of drug-likeness (QED) is 0.533. The van der Waals surface area contributed by atoms with Gasteiger partial charge in [0.25, 0.3) is 0 Å². The molecule has 4 nitrogen and oxygen atoms in total. The normalized spacial score (nSPS) is 19.1. The molecule has 1 fully saturated rings. The number of rotatable bonds is 7. The van der Waals surface area contributed by atoms with Gasteiger partial charge in [-0.15, -0.1) is 0 Å². The number of carboxylic acid groups (broad SMARTS) is 1. The molecule has 0 atom stereocenters. The van der Waals surface area contributed by atoms with Crippen molar-refractivity contribution in [2.75, 3.05) is 0 Å². The second-order valence-electron chi connectivity index (χ2n) is 8.52. The smallest absolute Gasteiger partial charge is 0.352 e. The molecule has 2 aromatic carbocycles. The van der Waals surface area contributed by atoms with Crippen LogP contribution < -0.4 is 5.32 Å². The van der Waals surface area contributed by atoms with Crippen LogP contribution in [0.25, 0.3) is 17.0 Å². The summed E-state index contributed by atoms with van der Waals surface area (Å²) in [5.41, 5.74) is 4.38. The van der Waals surface area contributed by atoms with Crippen LogP contribution in [0.1, 0.15) is 59.8 Å². The molecule has 0 saturated heterocycles. The van der Waals surface area contributed by atoms with Gasteiger partial charge in [0, 0.05) is 35.6 Å². The topological polar surface area (TPSA) is 54.3 Å². The minimum absolute atomic E-state index is 0.390. The van der Waals surface area contributed by atoms with Crippen molar-refractivity contribution in [1.29, 1.82) is 0 Å². The molecule has 0 aliphatic heterocycles. The van der Waals surface area contributed by atoms with Crippen molar-refractivity contribution in [3.8, 4) is 0 Å². The zero-order chi connectivity index (χ0) is 21.1. The Morgan fingerprint density at radius 1 is 1.13 bits per heavy atom. The summed E-state index contributed by atoms with van der Waals surface area (Å²) in [5, 5.41) is 14.8. The first-order valence-electron chi connectivity index (χ1n) is 10.8. The molecule has 3 aromatic rings. The first-order valence-corrected chi connectivity index (χ1v) is 10.8. The van der Waals surface area contributed by atoms with E-state index in [2.05, 4.69) is 18.8 Å². The minimum atomic E-state index is -0.872. The molecule has 4 rings (SSSR count). The van der Waals surface area contributed by atoms with Crippen LogP contribution in [0.2, 0.25) is 0 Å². The zero-order valence-electron chi connectivity index (χ0n) is 17.6. The Morgan fingerprint density at radius 2 is 1.83 bits per heavy atom. The molecule has 30 heavy (non-hydrogen) atoms. The van der Waals surface area contributed by atoms with Gasteiger partial charge in [-0.1, -0.05) is 62.0 Å². The Labute approximate surface area is 178 Å². The zero-order valence-corrected chi connectivity index (χ0v) is 17.6. The largest absolute Gasteiger partial charge is 0.477 e. The lowest BCUT2D eigenvalue weighted by atomic mass is 9.87. The van der Waals surface area contributed by atoms with Crippen molar-refractivity contribution in [2.24, 2.45) is 5.92 Å². The SMILES string of the molecule is C=Cc1ccc(Cn2c(C(=O)O)c(CNC3CCC(C)CC3)c3ccccc32)cc1. The second-order valence-corrected chi connectivity index (χ2v) is 8.52. The number of aromatic carboxylic acids is 1. The highest BCUT2D eigenvalue weighted by Gasteiger charge is 2.24. The maximum atomic E-state index is 12.3. The molecule has 1 aliphatic carbocycles. The van der Waals surface area contributed by atoms with Crippen LogP contribution in [0.4, 0.5) is 0 Å². The molecule has 2 N–H and O–H groups in total. The van der Waals surface area contributed by atoms with E-state index in [9.17, 15) is 9.90 Å². The van der Waals surface area contributed by atoms with Gasteiger partial charge >= 0.3 is 5.97 Å². The number of aromatic nitrogens is 1. The number of nitrogens with one attached hydrogen (secondary N) is 1. The summed E-state index contributed by atoms with van der Waals surface area (Å²) >= 11 is 0. The molecule has 0 amide bonds. The average Bonchev–Trinajstić information content (AvgIpc) is 3.07. The monoisotopic (exact) mass is 402 g/mol. The van der Waals surface area contributed by atoms with Crippen molar-refractivity contribution in [3.63, 3.8) is 0 Å². The van der Waals surface area contributed by atoms with Crippen LogP contribution in [0.5, 0.6) is 0 Å². The summed E-state index contributed by atoms with van der Waals surface area (Å²) in [4.78, 5) is 12.3. The standard InChI is InChI=1S/C26H30N2O2/c1-3-19-10-12-20(13-11-19)17-28-24-7-5-4-6-22(24)23(25(28)26(29)30)16-27-21-14-8-18(2)9-15-21/h3-7,10-13,18,21,27H,1,8-9,14-17H2,2H3,(H,29,30). The molecule has 0 spiro atoms. The van der Waals surface area contributed by atoms with E-state index in [1.807, 2.05) is 59.2 Å². The molecule has 156 valence electrons. The fourth-order valence-electron chi connectivity index (χ4n) is 4.62. The number of benzene rings is 2. The van der Waals surface area contributed by atoms with Crippen LogP contribution in [-0.4, -0.2) is 21.7 Å². The van der Waals surface area contributed by atoms with E-state index in [4.69, 9.17) is 0 Å². The highest BCUT2D eigenvalue weighted by Crippen LogP contribution is 2.29. The van der Waals surface area contributed by atoms with E-state index in [1.54, 1.807) is 0 Å². The van der Waals surface area contributed by atoms with Gasteiger partial charge in [0.2, 0.25) is 0 Å². The van der Waals surface area contributed by atoms with Crippen LogP contribution in [0.3, 0.4) is 0 Å². The lowest BCUT2D eigenvalue weighted by molar-refractivity contribution is 0.0684. The lowest BCUT2D eigenvalue weighted by Crippen LogP contribution is -2.32. The number of carboxylic acids is 1. The first kappa shape index (κ1) is 20.4. The third kappa shape index (κ3) is 4.19. The summed E-state index contributed by atoms with van der Waals surface area (Å²) in [6, 6.07) is 16.6. The number of para-hydroxylation sites is 1. The highest BCUT2D eigenvalue weighted by molar-refractivity contribution is 5.98. The maximum Gasteiger partial charge on any atom is 0.352 e. The van der Waals surface area contributed by atoms with Crippen LogP contribution >= 0.6 is 0 Å². The molecule has 1 heterocycles. The Hall–Kier alpha value is -2.85. The minimum Gasteiger partial charge on any atom is -0.477 e. The molecule has 0 unspecified atom stereocenters. The van der Waals surface area contributed by atoms with Crippen LogP contribution in [0.15, 0.2) is 55.1 Å².